The molecule has 140 valence electrons. The van der Waals surface area contributed by atoms with Gasteiger partial charge in [-0.25, -0.2) is 0 Å². The molecule has 0 spiro atoms. The summed E-state index contributed by atoms with van der Waals surface area (Å²) in [5.74, 6) is -18.8. The molecule has 1 aromatic rings. The summed E-state index contributed by atoms with van der Waals surface area (Å²) in [5.41, 5.74) is 0. The number of halogens is 11. The summed E-state index contributed by atoms with van der Waals surface area (Å²) in [4.78, 5) is 0. The van der Waals surface area contributed by atoms with Crippen LogP contribution in [-0.4, -0.2) is 30.6 Å². The maximum atomic E-state index is 13.2. The van der Waals surface area contributed by atoms with Crippen LogP contribution < -0.4 is 4.74 Å². The SMILES string of the molecule is FC(F)(F)C(F)(F)C(F)(F)C(F)(F)CCCOc1cc(Br)sc1Br. The van der Waals surface area contributed by atoms with Crippen molar-refractivity contribution in [2.24, 2.45) is 0 Å². The molecule has 0 fully saturated rings. The van der Waals surface area contributed by atoms with Crippen molar-refractivity contribution >= 4 is 43.2 Å². The van der Waals surface area contributed by atoms with E-state index in [0.29, 0.717) is 7.57 Å². The van der Waals surface area contributed by atoms with Crippen molar-refractivity contribution in [2.75, 3.05) is 6.61 Å². The van der Waals surface area contributed by atoms with Crippen LogP contribution in [-0.2, 0) is 0 Å². The largest absolute Gasteiger partial charge is 0.491 e. The van der Waals surface area contributed by atoms with Crippen molar-refractivity contribution in [1.29, 1.82) is 0 Å². The van der Waals surface area contributed by atoms with Crippen LogP contribution in [0.25, 0.3) is 0 Å². The highest BCUT2D eigenvalue weighted by Crippen LogP contribution is 2.54. The van der Waals surface area contributed by atoms with Crippen LogP contribution in [0.3, 0.4) is 0 Å². The zero-order chi connectivity index (χ0) is 19.0. The molecule has 0 bridgehead atoms. The van der Waals surface area contributed by atoms with Gasteiger partial charge in [0, 0.05) is 12.5 Å². The van der Waals surface area contributed by atoms with Crippen LogP contribution in [0.4, 0.5) is 39.5 Å². The topological polar surface area (TPSA) is 9.23 Å². The number of alkyl halides is 9. The fraction of sp³-hybridized carbons (Fsp3) is 0.636. The third-order valence-electron chi connectivity index (χ3n) is 2.73. The molecule has 0 atom stereocenters. The Bertz CT molecular complexity index is 570. The predicted octanol–water partition coefficient (Wildman–Crippen LogP) is 6.90. The van der Waals surface area contributed by atoms with Crippen LogP contribution in [0, 0.1) is 0 Å². The lowest BCUT2D eigenvalue weighted by molar-refractivity contribution is -0.396. The molecule has 24 heavy (non-hydrogen) atoms. The fourth-order valence-electron chi connectivity index (χ4n) is 1.46. The van der Waals surface area contributed by atoms with Gasteiger partial charge in [-0.1, -0.05) is 0 Å². The maximum absolute atomic E-state index is 13.2. The molecule has 0 unspecified atom stereocenters. The Hall–Kier alpha value is -0.170. The van der Waals surface area contributed by atoms with Gasteiger partial charge in [0.15, 0.2) is 0 Å². The lowest BCUT2D eigenvalue weighted by Crippen LogP contribution is -2.60. The fourth-order valence-corrected chi connectivity index (χ4v) is 4.12. The van der Waals surface area contributed by atoms with E-state index in [9.17, 15) is 39.5 Å². The molecule has 1 aromatic heterocycles. The quantitative estimate of drug-likeness (QED) is 0.282. The highest BCUT2D eigenvalue weighted by Gasteiger charge is 2.81. The Balaban J connectivity index is 2.70. The average Bonchev–Trinajstić information content (AvgIpc) is 2.71. The van der Waals surface area contributed by atoms with E-state index in [1.807, 2.05) is 0 Å². The summed E-state index contributed by atoms with van der Waals surface area (Å²) in [5, 5.41) is 0. The van der Waals surface area contributed by atoms with Crippen molar-refractivity contribution in [3.63, 3.8) is 0 Å². The van der Waals surface area contributed by atoms with Gasteiger partial charge >= 0.3 is 23.9 Å². The molecule has 0 amide bonds. The molecule has 13 heteroatoms. The Morgan fingerprint density at radius 3 is 1.88 bits per heavy atom. The third-order valence-corrected chi connectivity index (χ3v) is 5.01. The van der Waals surface area contributed by atoms with Gasteiger partial charge in [0.2, 0.25) is 0 Å². The number of hydrogen-bond acceptors (Lipinski definition) is 2. The Morgan fingerprint density at radius 2 is 1.46 bits per heavy atom. The van der Waals surface area contributed by atoms with Gasteiger partial charge in [0.25, 0.3) is 0 Å². The van der Waals surface area contributed by atoms with Gasteiger partial charge in [-0.3, -0.25) is 0 Å². The van der Waals surface area contributed by atoms with Gasteiger partial charge in [-0.05, 0) is 38.3 Å². The number of ether oxygens (including phenoxy) is 1. The standard InChI is InChI=1S/C11H7Br2F9OS/c12-6-4-5(7(13)24-6)23-3-1-2-8(14,15)9(16,17)10(18,19)11(20,21)22/h4H,1-3H2. The van der Waals surface area contributed by atoms with E-state index in [1.165, 1.54) is 6.07 Å². The minimum atomic E-state index is -6.86. The summed E-state index contributed by atoms with van der Waals surface area (Å²) in [6, 6.07) is 1.43. The summed E-state index contributed by atoms with van der Waals surface area (Å²) >= 11 is 7.31. The molecule has 1 rings (SSSR count). The molecule has 0 aliphatic rings. The summed E-state index contributed by atoms with van der Waals surface area (Å²) in [6.45, 7) is -0.578. The predicted molar refractivity (Wildman–Crippen MR) is 75.3 cm³/mol. The van der Waals surface area contributed by atoms with Crippen molar-refractivity contribution in [1.82, 2.24) is 0 Å². The van der Waals surface area contributed by atoms with Crippen LogP contribution in [0.1, 0.15) is 12.8 Å². The average molecular weight is 518 g/mol. The summed E-state index contributed by atoms with van der Waals surface area (Å²) < 4.78 is 120. The highest BCUT2D eigenvalue weighted by molar-refractivity contribution is 9.12. The first-order valence-corrected chi connectivity index (χ1v) is 8.31. The lowest BCUT2D eigenvalue weighted by atomic mass is 10.00. The second kappa shape index (κ2) is 7.22. The molecule has 1 nitrogen and oxygen atoms in total. The minimum absolute atomic E-state index is 0.183. The van der Waals surface area contributed by atoms with Gasteiger partial charge < -0.3 is 4.74 Å². The second-order valence-electron chi connectivity index (χ2n) is 4.49. The molecule has 0 radical (unpaired) electrons. The molecule has 0 saturated carbocycles. The Labute approximate surface area is 150 Å². The molecular weight excluding hydrogens is 511 g/mol. The van der Waals surface area contributed by atoms with Crippen LogP contribution in [0.5, 0.6) is 5.75 Å². The van der Waals surface area contributed by atoms with Crippen molar-refractivity contribution in [2.45, 2.75) is 36.8 Å². The number of rotatable bonds is 7. The van der Waals surface area contributed by atoms with Crippen LogP contribution in [0.15, 0.2) is 13.6 Å². The maximum Gasteiger partial charge on any atom is 0.460 e. The van der Waals surface area contributed by atoms with E-state index in [2.05, 4.69) is 31.9 Å². The smallest absolute Gasteiger partial charge is 0.460 e. The lowest BCUT2D eigenvalue weighted by Gasteiger charge is -2.33. The van der Waals surface area contributed by atoms with Crippen molar-refractivity contribution in [3.05, 3.63) is 13.6 Å². The zero-order valence-electron chi connectivity index (χ0n) is 11.2. The second-order valence-corrected chi connectivity index (χ2v) is 8.24. The minimum Gasteiger partial charge on any atom is -0.491 e. The van der Waals surface area contributed by atoms with E-state index in [4.69, 9.17) is 4.74 Å². The summed E-state index contributed by atoms with van der Waals surface area (Å²) in [7, 11) is 0. The van der Waals surface area contributed by atoms with Gasteiger partial charge in [-0.2, -0.15) is 39.5 Å². The first-order chi connectivity index (χ1) is 10.6. The van der Waals surface area contributed by atoms with Gasteiger partial charge in [-0.15, -0.1) is 11.3 Å². The van der Waals surface area contributed by atoms with E-state index < -0.39 is 43.4 Å². The first-order valence-electron chi connectivity index (χ1n) is 5.91. The van der Waals surface area contributed by atoms with Crippen molar-refractivity contribution < 1.29 is 44.3 Å². The van der Waals surface area contributed by atoms with E-state index in [1.54, 1.807) is 0 Å². The Morgan fingerprint density at radius 1 is 0.917 bits per heavy atom. The molecule has 0 saturated heterocycles. The highest BCUT2D eigenvalue weighted by atomic mass is 79.9. The molecule has 1 heterocycles. The Kier molecular flexibility index (Phi) is 6.58. The molecular formula is C11H7Br2F9OS. The molecule has 0 aliphatic heterocycles. The molecule has 0 N–H and O–H groups in total. The molecule has 0 aromatic carbocycles. The van der Waals surface area contributed by atoms with Crippen LogP contribution in [0.2, 0.25) is 0 Å². The monoisotopic (exact) mass is 516 g/mol. The van der Waals surface area contributed by atoms with E-state index in [-0.39, 0.29) is 5.75 Å². The van der Waals surface area contributed by atoms with Crippen molar-refractivity contribution in [3.8, 4) is 5.75 Å². The number of thiophene rings is 1. The van der Waals surface area contributed by atoms with Crippen LogP contribution >= 0.6 is 43.2 Å². The van der Waals surface area contributed by atoms with E-state index in [0.717, 1.165) is 11.3 Å². The third kappa shape index (κ3) is 4.32. The summed E-state index contributed by atoms with van der Waals surface area (Å²) in [6.07, 6.45) is -9.57. The molecule has 0 aliphatic carbocycles. The zero-order valence-corrected chi connectivity index (χ0v) is 15.2. The van der Waals surface area contributed by atoms with Gasteiger partial charge in [0.05, 0.1) is 10.4 Å². The first kappa shape index (κ1) is 21.9. The number of hydrogen-bond donors (Lipinski definition) is 0. The van der Waals surface area contributed by atoms with E-state index >= 15 is 0 Å². The van der Waals surface area contributed by atoms with Gasteiger partial charge in [0.1, 0.15) is 9.54 Å². The normalized spacial score (nSPS) is 14.1.